The van der Waals surface area contributed by atoms with Gasteiger partial charge < -0.3 is 4.55 Å². The van der Waals surface area contributed by atoms with Crippen LogP contribution in [-0.2, 0) is 43.4 Å². The molecule has 5 N–H and O–H groups in total. The van der Waals surface area contributed by atoms with Crippen molar-refractivity contribution in [2.45, 2.75) is 83.2 Å². The van der Waals surface area contributed by atoms with E-state index in [1.165, 1.54) is 0 Å². The minimum atomic E-state index is -6.94. The van der Waals surface area contributed by atoms with Gasteiger partial charge >= 0.3 is 386 Å². The van der Waals surface area contributed by atoms with Gasteiger partial charge in [0.05, 0.1) is 21.6 Å². The van der Waals surface area contributed by atoms with E-state index in [4.69, 9.17) is 33.9 Å². The van der Waals surface area contributed by atoms with Gasteiger partial charge in [-0.05, 0) is 0 Å². The number of amides is 1. The summed E-state index contributed by atoms with van der Waals surface area (Å²) in [5.41, 5.74) is 11.1. The first-order chi connectivity index (χ1) is 39.7. The third kappa shape index (κ3) is 8.98. The van der Waals surface area contributed by atoms with Gasteiger partial charge in [0.1, 0.15) is 0 Å². The zero-order chi connectivity index (χ0) is 59.5. The van der Waals surface area contributed by atoms with Crippen LogP contribution in [0.25, 0.3) is 21.5 Å². The molecule has 1 spiro atoms. The van der Waals surface area contributed by atoms with Crippen LogP contribution in [0.1, 0.15) is 67.2 Å². The predicted octanol–water partition coefficient (Wildman–Crippen LogP) is 4.71. The first kappa shape index (κ1) is 58.3. The number of carbonyl (C=O) groups excluding carboxylic acids is 1. The predicted molar refractivity (Wildman–Crippen MR) is 325 cm³/mol. The van der Waals surface area contributed by atoms with Crippen molar-refractivity contribution in [1.82, 2.24) is 13.8 Å². The van der Waals surface area contributed by atoms with Crippen LogP contribution in [0.4, 0.5) is 11.6 Å². The van der Waals surface area contributed by atoms with Gasteiger partial charge in [-0.15, -0.1) is 0 Å². The zero-order valence-electron chi connectivity index (χ0n) is 47.3. The molecule has 84 heavy (non-hydrogen) atoms. The maximum absolute atomic E-state index is 14.0. The van der Waals surface area contributed by atoms with Gasteiger partial charge in [0.25, 0.3) is 20.2 Å². The van der Waals surface area contributed by atoms with Gasteiger partial charge in [-0.25, -0.2) is 8.42 Å². The summed E-state index contributed by atoms with van der Waals surface area (Å²) in [4.78, 5) is 37.1. The molecule has 29 heteroatoms. The molecule has 0 bridgehead atoms. The molecule has 12 rings (SSSR count). The van der Waals surface area contributed by atoms with Crippen molar-refractivity contribution in [2.24, 2.45) is 25.7 Å². The summed E-state index contributed by atoms with van der Waals surface area (Å²) >= 11 is 0. The average molecular weight is 1260 g/mol. The molecule has 0 fully saturated rings. The number of hydrogen-bond acceptors (Lipinski definition) is 15. The van der Waals surface area contributed by atoms with Gasteiger partial charge in [0.15, 0.2) is 0 Å². The summed E-state index contributed by atoms with van der Waals surface area (Å²) in [5.74, 6) is 1.52. The number of nitrogens with two attached hydrogens (primary N) is 1. The van der Waals surface area contributed by atoms with Crippen LogP contribution in [0.2, 0.25) is 38.3 Å². The number of carbonyl (C=O) groups is 1. The first-order valence-electron chi connectivity index (χ1n) is 28.5. The summed E-state index contributed by atoms with van der Waals surface area (Å²) in [6.07, 6.45) is 1.11. The van der Waals surface area contributed by atoms with Gasteiger partial charge in [0.2, 0.25) is 0 Å². The molecule has 6 aromatic rings. The molecule has 2 aromatic heterocycles. The van der Waals surface area contributed by atoms with Crippen LogP contribution >= 0.6 is 0 Å². The topological polar surface area (TPSA) is 305 Å². The van der Waals surface area contributed by atoms with Crippen LogP contribution in [0.15, 0.2) is 117 Å². The molecule has 0 unspecified atom stereocenters. The Labute approximate surface area is 488 Å². The van der Waals surface area contributed by atoms with Crippen molar-refractivity contribution in [1.29, 1.82) is 0 Å². The zero-order valence-corrected chi connectivity index (χ0v) is 52.7. The second-order valence-electron chi connectivity index (χ2n) is 24.3. The van der Waals surface area contributed by atoms with E-state index < -0.39 is 72.0 Å². The number of aromatic nitrogens is 2. The van der Waals surface area contributed by atoms with E-state index in [1.807, 2.05) is 48.5 Å². The minimum absolute atomic E-state index is 0.00198. The monoisotopic (exact) mass is 1260 g/mol. The fraction of sp³-hybridized carbons (Fsp3) is 0.400. The number of fused-ring (bicyclic) bond motifs is 12. The molecule has 6 aliphatic rings. The van der Waals surface area contributed by atoms with Crippen LogP contribution in [0.5, 0.6) is 0 Å². The molecule has 8 heterocycles. The number of rotatable bonds is 27. The average Bonchev–Trinajstić information content (AvgIpc) is 1.22. The molecule has 0 saturated carbocycles. The van der Waals surface area contributed by atoms with Crippen LogP contribution in [0, 0.1) is 0 Å². The molecule has 4 aromatic carbocycles. The summed E-state index contributed by atoms with van der Waals surface area (Å²) < 4.78 is 129. The number of quaternary nitrogens is 1. The third-order valence-electron chi connectivity index (χ3n) is 17.5. The quantitative estimate of drug-likeness (QED) is 0.0235. The molecule has 23 nitrogen and oxygen atoms in total. The van der Waals surface area contributed by atoms with E-state index in [2.05, 4.69) is 97.0 Å². The van der Waals surface area contributed by atoms with Crippen molar-refractivity contribution < 1.29 is 64.9 Å². The first-order valence-corrected chi connectivity index (χ1v) is 42.2. The number of nitrogens with one attached hydrogen (secondary N) is 1. The summed E-state index contributed by atoms with van der Waals surface area (Å²) in [6.45, 7) is 9.93. The van der Waals surface area contributed by atoms with E-state index >= 15 is 0 Å². The number of aliphatic imine (C=N–C) groups is 2. The van der Waals surface area contributed by atoms with E-state index in [0.717, 1.165) is 43.8 Å². The van der Waals surface area contributed by atoms with Crippen molar-refractivity contribution >= 4 is 117 Å². The normalized spacial score (nSPS) is 18.3. The van der Waals surface area contributed by atoms with Gasteiger partial charge in [-0.2, -0.15) is 16.8 Å². The van der Waals surface area contributed by atoms with E-state index in [9.17, 15) is 43.7 Å². The Morgan fingerprint density at radius 3 is 1.46 bits per heavy atom. The van der Waals surface area contributed by atoms with Crippen LogP contribution in [-0.4, -0.2) is 171 Å². The fourth-order valence-electron chi connectivity index (χ4n) is 14.6. The number of nitrogens with zero attached hydrogens (tertiary/aromatic N) is 9. The standard InChI is InChI=1S/C55H69N11O12S3Si3/c1-82(2,37-14-28-56)77-84(78-83(3,4)38-15-29-57-47(67)27-13-30-66(31-16-34-79(68,69)70,32-17-35-80(71,72)73)33-18-36-81(74,75)76)62-48-39-19-5-6-20-40(39)49(62)59-51-43-23-9-10-24-44(43)53(64(51)84)61-55-46-26-12-11-25-45(46)54(65(55)84)60-52-42-22-8-7-21-41(42)50(58-48)63(52)84/h5-12,19-26H,13-18,27-38,56H2,1-4H3,(H3-,57,67,68,69,70,71,72,73,74,75,76). The fourth-order valence-corrected chi connectivity index (χ4v) is 38.4. The molecule has 0 atom stereocenters. The second-order valence-corrected chi connectivity index (χ2v) is 43.2. The Morgan fingerprint density at radius 1 is 0.595 bits per heavy atom. The Hall–Kier alpha value is -6.07. The van der Waals surface area contributed by atoms with Gasteiger partial charge in [-0.1, -0.05) is 0 Å². The molecule has 446 valence electrons. The van der Waals surface area contributed by atoms with Crippen LogP contribution in [0.3, 0.4) is 0 Å². The molecule has 6 aliphatic heterocycles. The maximum atomic E-state index is 14.0. The Balaban J connectivity index is 0.979. The van der Waals surface area contributed by atoms with E-state index in [1.54, 1.807) is 0 Å². The van der Waals surface area contributed by atoms with Crippen LogP contribution < -0.4 is 22.0 Å². The third-order valence-corrected chi connectivity index (χ3v) is 36.6. The molecule has 0 saturated heterocycles. The summed E-state index contributed by atoms with van der Waals surface area (Å²) in [5, 5.41) is 6.56. The Bertz CT molecular complexity index is 4220. The molecular weight excluding hydrogens is 1190 g/mol. The van der Waals surface area contributed by atoms with E-state index in [-0.39, 0.29) is 75.2 Å². The summed E-state index contributed by atoms with van der Waals surface area (Å²) in [7, 11) is -26.9. The summed E-state index contributed by atoms with van der Waals surface area (Å²) in [6, 6.07) is 34.0. The number of benzene rings is 4. The van der Waals surface area contributed by atoms with Crippen molar-refractivity contribution in [2.75, 3.05) is 56.5 Å². The second kappa shape index (κ2) is 20.0. The molecule has 1 amide bonds. The molecular formula is C55H69N11O12S3Si3. The SMILES string of the molecule is C[Si](C)(CCCN)O[Si-2]123(O[Si](C)(C)CCCNC(=O)CCC[N+](CCCS(=O)(=O)[O-])(CCCS(=O)(=O)O)CCCS(=O)(=O)O)n4c5c6ccccc6c4N=C4c6ccccc6C(=[N+]41)N=c1c4ccccc4c(n12)=NC1=[N+]3C(=N5)c2ccccc21. The molecule has 0 aliphatic carbocycles. The Morgan fingerprint density at radius 2 is 1.01 bits per heavy atom. The van der Waals surface area contributed by atoms with Gasteiger partial charge in [0, 0.05) is 25.0 Å². The van der Waals surface area contributed by atoms with Crippen molar-refractivity contribution in [3.05, 3.63) is 130 Å². The Kier molecular flexibility index (Phi) is 13.9. The van der Waals surface area contributed by atoms with Crippen molar-refractivity contribution in [3.8, 4) is 0 Å². The van der Waals surface area contributed by atoms with E-state index in [0.29, 0.717) is 77.4 Å². The number of hydrogen-bond donors (Lipinski definition) is 4. The number of amidine groups is 4. The van der Waals surface area contributed by atoms with Crippen molar-refractivity contribution in [3.63, 3.8) is 0 Å². The van der Waals surface area contributed by atoms with Gasteiger partial charge in [-0.3, -0.25) is 9.11 Å². The molecule has 0 radical (unpaired) electrons.